The summed E-state index contributed by atoms with van der Waals surface area (Å²) in [6.45, 7) is 11.9. The van der Waals surface area contributed by atoms with Gasteiger partial charge in [-0.25, -0.2) is 0 Å². The number of esters is 1. The molecule has 0 spiro atoms. The summed E-state index contributed by atoms with van der Waals surface area (Å²) in [4.78, 5) is 10.9. The van der Waals surface area contributed by atoms with Crippen molar-refractivity contribution in [3.63, 3.8) is 0 Å². The van der Waals surface area contributed by atoms with Crippen molar-refractivity contribution in [2.45, 2.75) is 6.42 Å². The average Bonchev–Trinajstić information content (AvgIpc) is 3.13. The molecule has 0 radical (unpaired) electrons. The minimum Gasteiger partial charge on any atom is -0.489 e. The van der Waals surface area contributed by atoms with Crippen LogP contribution in [-0.4, -0.2) is 178 Å². The molecule has 0 saturated heterocycles. The highest BCUT2D eigenvalue weighted by molar-refractivity contribution is 5.69. The van der Waals surface area contributed by atoms with E-state index < -0.39 is 0 Å². The number of benzene rings is 1. The molecule has 0 fully saturated rings. The first-order valence-electron chi connectivity index (χ1n) is 17.2. The average molecular weight is 724 g/mol. The minimum absolute atomic E-state index is 0.242. The summed E-state index contributed by atoms with van der Waals surface area (Å²) in [5.41, 5.74) is 6.43. The van der Waals surface area contributed by atoms with Crippen LogP contribution < -0.4 is 10.5 Å². The molecule has 0 heterocycles. The van der Waals surface area contributed by atoms with E-state index in [1.165, 1.54) is 7.11 Å². The standard InChI is InChI=1S/C34H61NO15/c1-37-34(36)6-7-38-8-9-39-10-11-40-12-13-41-14-15-42-16-17-43-18-19-44-20-21-45-22-23-46-24-25-47-26-27-48-28-29-49-30-31-50-33-5-3-2-4-32(33)35/h2-5H,6-31,35H2,1H3. The lowest BCUT2D eigenvalue weighted by Gasteiger charge is -2.10. The van der Waals surface area contributed by atoms with E-state index in [9.17, 15) is 4.79 Å². The molecule has 0 bridgehead atoms. The number of rotatable bonds is 40. The van der Waals surface area contributed by atoms with Crippen LogP contribution in [0.15, 0.2) is 24.3 Å². The van der Waals surface area contributed by atoms with E-state index >= 15 is 0 Å². The minimum atomic E-state index is -0.288. The third kappa shape index (κ3) is 33.0. The summed E-state index contributed by atoms with van der Waals surface area (Å²) in [5, 5.41) is 0. The second-order valence-corrected chi connectivity index (χ2v) is 10.1. The van der Waals surface area contributed by atoms with Crippen molar-refractivity contribution in [2.24, 2.45) is 0 Å². The Balaban J connectivity index is 1.62. The molecule has 1 aromatic rings. The molecule has 0 unspecified atom stereocenters. The van der Waals surface area contributed by atoms with Gasteiger partial charge in [0.25, 0.3) is 0 Å². The Bertz CT molecular complexity index is 855. The first-order chi connectivity index (χ1) is 24.7. The molecule has 0 atom stereocenters. The molecule has 0 aromatic heterocycles. The number of hydrogen-bond donors (Lipinski definition) is 1. The fraction of sp³-hybridized carbons (Fsp3) is 0.794. The molecule has 0 aliphatic rings. The third-order valence-electron chi connectivity index (χ3n) is 6.17. The second-order valence-electron chi connectivity index (χ2n) is 10.1. The topological polar surface area (TPSA) is 172 Å². The van der Waals surface area contributed by atoms with E-state index in [0.29, 0.717) is 177 Å². The quantitative estimate of drug-likeness (QED) is 0.0585. The Morgan fingerprint density at radius 2 is 0.680 bits per heavy atom. The molecule has 2 N–H and O–H groups in total. The highest BCUT2D eigenvalue weighted by atomic mass is 16.6. The van der Waals surface area contributed by atoms with E-state index in [0.717, 1.165) is 0 Å². The maximum Gasteiger partial charge on any atom is 0.307 e. The summed E-state index contributed by atoms with van der Waals surface area (Å²) >= 11 is 0. The number of para-hydroxylation sites is 2. The first-order valence-corrected chi connectivity index (χ1v) is 17.2. The summed E-state index contributed by atoms with van der Waals surface area (Å²) in [7, 11) is 1.35. The number of ether oxygens (including phenoxy) is 14. The van der Waals surface area contributed by atoms with Crippen LogP contribution >= 0.6 is 0 Å². The third-order valence-corrected chi connectivity index (χ3v) is 6.17. The summed E-state index contributed by atoms with van der Waals surface area (Å²) < 4.78 is 75.4. The fourth-order valence-electron chi connectivity index (χ4n) is 3.60. The molecule has 292 valence electrons. The van der Waals surface area contributed by atoms with E-state index in [2.05, 4.69) is 4.74 Å². The van der Waals surface area contributed by atoms with Crippen molar-refractivity contribution in [1.29, 1.82) is 0 Å². The Labute approximate surface area is 297 Å². The summed E-state index contributed by atoms with van der Waals surface area (Å²) in [5.74, 6) is 0.376. The molecule has 1 rings (SSSR count). The Hall–Kier alpha value is -2.19. The van der Waals surface area contributed by atoms with Gasteiger partial charge in [-0.15, -0.1) is 0 Å². The SMILES string of the molecule is COC(=O)CCOCCOCCOCCOCCOCCOCCOCCOCCOCCOCCOCCOCCOc1ccccc1N. The number of nitrogens with two attached hydrogens (primary N) is 1. The van der Waals surface area contributed by atoms with Crippen LogP contribution in [-0.2, 0) is 66.4 Å². The second kappa shape index (κ2) is 38.1. The van der Waals surface area contributed by atoms with Gasteiger partial charge in [0.1, 0.15) is 12.4 Å². The van der Waals surface area contributed by atoms with Gasteiger partial charge < -0.3 is 72.0 Å². The molecule has 50 heavy (non-hydrogen) atoms. The van der Waals surface area contributed by atoms with Crippen molar-refractivity contribution < 1.29 is 71.1 Å². The van der Waals surface area contributed by atoms with Crippen LogP contribution in [0.25, 0.3) is 0 Å². The monoisotopic (exact) mass is 723 g/mol. The number of hydrogen-bond acceptors (Lipinski definition) is 16. The van der Waals surface area contributed by atoms with Gasteiger partial charge in [-0.2, -0.15) is 0 Å². The lowest BCUT2D eigenvalue weighted by atomic mass is 10.3. The van der Waals surface area contributed by atoms with Crippen LogP contribution in [0, 0.1) is 0 Å². The van der Waals surface area contributed by atoms with Crippen LogP contribution in [0.2, 0.25) is 0 Å². The van der Waals surface area contributed by atoms with Crippen molar-refractivity contribution in [3.05, 3.63) is 24.3 Å². The lowest BCUT2D eigenvalue weighted by molar-refractivity contribution is -0.141. The van der Waals surface area contributed by atoms with Gasteiger partial charge in [0.15, 0.2) is 0 Å². The molecular weight excluding hydrogens is 662 g/mol. The number of anilines is 1. The zero-order chi connectivity index (χ0) is 35.8. The lowest BCUT2D eigenvalue weighted by Crippen LogP contribution is -2.15. The molecule has 0 aliphatic heterocycles. The summed E-state index contributed by atoms with van der Waals surface area (Å²) in [6.07, 6.45) is 0.242. The van der Waals surface area contributed by atoms with E-state index in [1.54, 1.807) is 6.07 Å². The predicted molar refractivity (Wildman–Crippen MR) is 183 cm³/mol. The highest BCUT2D eigenvalue weighted by Gasteiger charge is 2.00. The molecule has 1 aromatic carbocycles. The van der Waals surface area contributed by atoms with Crippen LogP contribution in [0.5, 0.6) is 5.75 Å². The molecule has 0 amide bonds. The van der Waals surface area contributed by atoms with Gasteiger partial charge in [0.2, 0.25) is 0 Å². The van der Waals surface area contributed by atoms with Gasteiger partial charge in [-0.05, 0) is 12.1 Å². The largest absolute Gasteiger partial charge is 0.489 e. The number of nitrogen functional groups attached to an aromatic ring is 1. The van der Waals surface area contributed by atoms with Gasteiger partial charge in [0, 0.05) is 0 Å². The summed E-state index contributed by atoms with van der Waals surface area (Å²) in [6, 6.07) is 7.37. The molecule has 0 saturated carbocycles. The molecular formula is C34H61NO15. The predicted octanol–water partition coefficient (Wildman–Crippen LogP) is 1.41. The van der Waals surface area contributed by atoms with E-state index in [1.807, 2.05) is 18.2 Å². The normalized spacial score (nSPS) is 11.3. The zero-order valence-corrected chi connectivity index (χ0v) is 29.9. The maximum atomic E-state index is 10.9. The number of methoxy groups -OCH3 is 1. The smallest absolute Gasteiger partial charge is 0.307 e. The maximum absolute atomic E-state index is 10.9. The van der Waals surface area contributed by atoms with Crippen molar-refractivity contribution in [2.75, 3.05) is 178 Å². The van der Waals surface area contributed by atoms with Crippen molar-refractivity contribution in [3.8, 4) is 5.75 Å². The number of carbonyl (C=O) groups is 1. The van der Waals surface area contributed by atoms with E-state index in [-0.39, 0.29) is 12.4 Å². The fourth-order valence-corrected chi connectivity index (χ4v) is 3.60. The van der Waals surface area contributed by atoms with Gasteiger partial charge in [-0.3, -0.25) is 4.79 Å². The highest BCUT2D eigenvalue weighted by Crippen LogP contribution is 2.19. The van der Waals surface area contributed by atoms with Crippen molar-refractivity contribution >= 4 is 11.7 Å². The van der Waals surface area contributed by atoms with Crippen LogP contribution in [0.1, 0.15) is 6.42 Å². The van der Waals surface area contributed by atoms with Gasteiger partial charge in [-0.1, -0.05) is 12.1 Å². The zero-order valence-electron chi connectivity index (χ0n) is 29.9. The molecule has 16 nitrogen and oxygen atoms in total. The van der Waals surface area contributed by atoms with Crippen LogP contribution in [0.4, 0.5) is 5.69 Å². The Morgan fingerprint density at radius 3 is 0.960 bits per heavy atom. The number of carbonyl (C=O) groups excluding carboxylic acids is 1. The molecule has 0 aliphatic carbocycles. The van der Waals surface area contributed by atoms with Gasteiger partial charge >= 0.3 is 5.97 Å². The van der Waals surface area contributed by atoms with Gasteiger partial charge in [0.05, 0.1) is 178 Å². The first kappa shape index (κ1) is 45.8. The van der Waals surface area contributed by atoms with E-state index in [4.69, 9.17) is 67.3 Å². The van der Waals surface area contributed by atoms with Crippen molar-refractivity contribution in [1.82, 2.24) is 0 Å². The Kier molecular flexibility index (Phi) is 34.9. The molecule has 16 heteroatoms. The van der Waals surface area contributed by atoms with Crippen LogP contribution in [0.3, 0.4) is 0 Å². The Morgan fingerprint density at radius 1 is 0.420 bits per heavy atom.